The highest BCUT2D eigenvalue weighted by molar-refractivity contribution is 6.30. The number of rotatable bonds is 7. The molecule has 0 aliphatic carbocycles. The maximum Gasteiger partial charge on any atom is 0.511 e. The zero-order valence-electron chi connectivity index (χ0n) is 15.3. The van der Waals surface area contributed by atoms with Gasteiger partial charge in [-0.05, 0) is 48.7 Å². The van der Waals surface area contributed by atoms with Crippen LogP contribution in [0, 0.1) is 0 Å². The van der Waals surface area contributed by atoms with Gasteiger partial charge < -0.3 is 19.5 Å². The van der Waals surface area contributed by atoms with Gasteiger partial charge in [-0.2, -0.15) is 0 Å². The van der Waals surface area contributed by atoms with E-state index in [1.807, 2.05) is 12.1 Å². The molecule has 7 heteroatoms. The maximum absolute atomic E-state index is 12.7. The molecule has 2 aromatic carbocycles. The number of carbonyl (C=O) groups is 1. The van der Waals surface area contributed by atoms with Crippen LogP contribution in [0.2, 0.25) is 5.02 Å². The van der Waals surface area contributed by atoms with Crippen LogP contribution in [0.4, 0.5) is 14.9 Å². The van der Waals surface area contributed by atoms with E-state index in [2.05, 4.69) is 11.5 Å². The fraction of sp³-hybridized carbons (Fsp3) is 0.286. The average molecular weight is 406 g/mol. The van der Waals surface area contributed by atoms with Crippen LogP contribution in [0.3, 0.4) is 0 Å². The van der Waals surface area contributed by atoms with Crippen molar-refractivity contribution in [3.05, 3.63) is 64.7 Å². The number of hydrogen-bond donors (Lipinski definition) is 1. The first-order valence-electron chi connectivity index (χ1n) is 8.89. The number of ether oxygens (including phenoxy) is 2. The lowest BCUT2D eigenvalue weighted by Crippen LogP contribution is -2.29. The minimum Gasteiger partial charge on any atom is -0.489 e. The lowest BCUT2D eigenvalue weighted by atomic mass is 9.99. The first kappa shape index (κ1) is 20.0. The zero-order chi connectivity index (χ0) is 20.1. The van der Waals surface area contributed by atoms with Gasteiger partial charge in [-0.25, -0.2) is 9.18 Å². The summed E-state index contributed by atoms with van der Waals surface area (Å²) in [7, 11) is 0. The van der Waals surface area contributed by atoms with E-state index in [-0.39, 0.29) is 6.61 Å². The molecule has 0 spiro atoms. The maximum atomic E-state index is 12.7. The van der Waals surface area contributed by atoms with E-state index in [0.717, 1.165) is 36.2 Å². The number of nitrogens with zero attached hydrogens (tertiary/aromatic N) is 1. The van der Waals surface area contributed by atoms with Gasteiger partial charge >= 0.3 is 6.16 Å². The minimum atomic E-state index is -1.33. The van der Waals surface area contributed by atoms with Gasteiger partial charge in [0.1, 0.15) is 24.8 Å². The predicted molar refractivity (Wildman–Crippen MR) is 107 cm³/mol. The number of carboxylic acid groups (broad SMARTS) is 1. The first-order valence-corrected chi connectivity index (χ1v) is 9.27. The Morgan fingerprint density at radius 2 is 2.11 bits per heavy atom. The lowest BCUT2D eigenvalue weighted by Gasteiger charge is -2.32. The fourth-order valence-electron chi connectivity index (χ4n) is 3.26. The molecule has 0 amide bonds. The molecule has 0 bridgehead atoms. The first-order chi connectivity index (χ1) is 13.5. The van der Waals surface area contributed by atoms with Crippen molar-refractivity contribution < 1.29 is 23.8 Å². The van der Waals surface area contributed by atoms with Gasteiger partial charge in [-0.15, -0.1) is 0 Å². The van der Waals surface area contributed by atoms with Crippen LogP contribution in [0.5, 0.6) is 11.5 Å². The molecule has 0 atom stereocenters. The molecule has 1 aliphatic rings. The van der Waals surface area contributed by atoms with Crippen LogP contribution < -0.4 is 14.4 Å². The third-order valence-electron chi connectivity index (χ3n) is 4.51. The molecule has 2 aromatic rings. The molecule has 1 heterocycles. The molecule has 0 saturated heterocycles. The molecule has 0 radical (unpaired) electrons. The van der Waals surface area contributed by atoms with Gasteiger partial charge in [0.25, 0.3) is 0 Å². The van der Waals surface area contributed by atoms with E-state index in [1.54, 1.807) is 24.3 Å². The Hall–Kier alpha value is -2.73. The number of alkyl halides is 1. The molecule has 5 nitrogen and oxygen atoms in total. The van der Waals surface area contributed by atoms with Crippen LogP contribution in [0.15, 0.2) is 48.6 Å². The second-order valence-electron chi connectivity index (χ2n) is 6.57. The Morgan fingerprint density at radius 3 is 2.86 bits per heavy atom. The molecule has 148 valence electrons. The average Bonchev–Trinajstić information content (AvgIpc) is 2.67. The Labute approximate surface area is 167 Å². The number of fused-ring (bicyclic) bond motifs is 1. The molecule has 28 heavy (non-hydrogen) atoms. The third kappa shape index (κ3) is 4.75. The predicted octanol–water partition coefficient (Wildman–Crippen LogP) is 5.25. The number of hydrogen-bond acceptors (Lipinski definition) is 4. The normalized spacial score (nSPS) is 13.0. The summed E-state index contributed by atoms with van der Waals surface area (Å²) < 4.78 is 23.3. The van der Waals surface area contributed by atoms with Crippen molar-refractivity contribution in [1.29, 1.82) is 0 Å². The molecular weight excluding hydrogens is 385 g/mol. The van der Waals surface area contributed by atoms with E-state index in [4.69, 9.17) is 26.2 Å². The van der Waals surface area contributed by atoms with Crippen molar-refractivity contribution >= 4 is 23.4 Å². The van der Waals surface area contributed by atoms with Crippen LogP contribution in [0.1, 0.15) is 17.5 Å². The fourth-order valence-corrected chi connectivity index (χ4v) is 3.45. The molecule has 0 saturated carbocycles. The van der Waals surface area contributed by atoms with Crippen molar-refractivity contribution in [3.8, 4) is 11.5 Å². The molecule has 1 N–H and O–H groups in total. The van der Waals surface area contributed by atoms with Gasteiger partial charge in [-0.3, -0.25) is 0 Å². The molecular formula is C21H21ClFNO4. The van der Waals surface area contributed by atoms with Crippen molar-refractivity contribution in [3.63, 3.8) is 0 Å². The van der Waals surface area contributed by atoms with Crippen molar-refractivity contribution in [2.24, 2.45) is 0 Å². The highest BCUT2D eigenvalue weighted by Gasteiger charge is 2.22. The number of halogens is 2. The van der Waals surface area contributed by atoms with Crippen LogP contribution in [-0.4, -0.2) is 31.1 Å². The summed E-state index contributed by atoms with van der Waals surface area (Å²) in [6.45, 7) is 4.39. The lowest BCUT2D eigenvalue weighted by molar-refractivity contribution is 0.144. The summed E-state index contributed by atoms with van der Waals surface area (Å²) in [5.74, 6) is 0.973. The van der Waals surface area contributed by atoms with E-state index in [0.29, 0.717) is 28.6 Å². The van der Waals surface area contributed by atoms with Crippen molar-refractivity contribution in [2.75, 3.05) is 24.7 Å². The monoisotopic (exact) mass is 405 g/mol. The van der Waals surface area contributed by atoms with Crippen LogP contribution in [-0.2, 0) is 13.0 Å². The summed E-state index contributed by atoms with van der Waals surface area (Å²) in [6.07, 6.45) is 0.275. The van der Waals surface area contributed by atoms with E-state index in [9.17, 15) is 9.18 Å². The van der Waals surface area contributed by atoms with Gasteiger partial charge in [0.05, 0.1) is 0 Å². The van der Waals surface area contributed by atoms with E-state index >= 15 is 0 Å². The molecule has 0 aromatic heterocycles. The third-order valence-corrected chi connectivity index (χ3v) is 4.74. The smallest absolute Gasteiger partial charge is 0.489 e. The second-order valence-corrected chi connectivity index (χ2v) is 7.01. The largest absolute Gasteiger partial charge is 0.511 e. The summed E-state index contributed by atoms with van der Waals surface area (Å²) in [6, 6.07) is 10.7. The van der Waals surface area contributed by atoms with Crippen LogP contribution in [0.25, 0.3) is 0 Å². The standard InChI is InChI=1S/C21H21ClFNO4/c1-14(11-23)13-27-19-8-7-16(22)10-15(19)12-24-9-3-4-17-18(24)5-2-6-20(17)28-21(25)26/h2,5-8,10H,1,3-4,9,11-13H2,(H,25,26). The quantitative estimate of drug-likeness (QED) is 0.387. The van der Waals surface area contributed by atoms with Crippen molar-refractivity contribution in [1.82, 2.24) is 0 Å². The highest BCUT2D eigenvalue weighted by Crippen LogP contribution is 2.36. The number of anilines is 1. The van der Waals surface area contributed by atoms with Gasteiger partial charge in [0.15, 0.2) is 0 Å². The van der Waals surface area contributed by atoms with Gasteiger partial charge in [0, 0.05) is 34.9 Å². The van der Waals surface area contributed by atoms with Gasteiger partial charge in [0.2, 0.25) is 0 Å². The van der Waals surface area contributed by atoms with Gasteiger partial charge in [-0.1, -0.05) is 24.2 Å². The Kier molecular flexibility index (Phi) is 6.41. The molecule has 1 aliphatic heterocycles. The van der Waals surface area contributed by atoms with E-state index in [1.165, 1.54) is 0 Å². The summed E-state index contributed by atoms with van der Waals surface area (Å²) in [5, 5.41) is 9.54. The molecule has 0 fully saturated rings. The SMILES string of the molecule is C=C(CF)COc1ccc(Cl)cc1CN1CCCc2c(OC(=O)O)cccc21. The summed E-state index contributed by atoms with van der Waals surface area (Å²) in [4.78, 5) is 13.1. The Balaban J connectivity index is 1.86. The highest BCUT2D eigenvalue weighted by atomic mass is 35.5. The van der Waals surface area contributed by atoms with Crippen LogP contribution >= 0.6 is 11.6 Å². The Morgan fingerprint density at radius 1 is 1.29 bits per heavy atom. The summed E-state index contributed by atoms with van der Waals surface area (Å²) >= 11 is 6.17. The summed E-state index contributed by atoms with van der Waals surface area (Å²) in [5.41, 5.74) is 3.01. The topological polar surface area (TPSA) is 59.0 Å². The Bertz CT molecular complexity index is 887. The second kappa shape index (κ2) is 8.97. The minimum absolute atomic E-state index is 0.0956. The molecule has 0 unspecified atom stereocenters. The molecule has 3 rings (SSSR count). The van der Waals surface area contributed by atoms with E-state index < -0.39 is 12.8 Å². The zero-order valence-corrected chi connectivity index (χ0v) is 16.0. The van der Waals surface area contributed by atoms with Crippen molar-refractivity contribution in [2.45, 2.75) is 19.4 Å². The number of benzene rings is 2.